The van der Waals surface area contributed by atoms with E-state index in [2.05, 4.69) is 9.88 Å². The summed E-state index contributed by atoms with van der Waals surface area (Å²) < 4.78 is 17.3. The SMILES string of the molecule is Cc1nc(CN(C)C[C@H]2COc3ccccc3O2)oc1C. The molecule has 0 fully saturated rings. The van der Waals surface area contributed by atoms with Gasteiger partial charge in [0.2, 0.25) is 5.89 Å². The van der Waals surface area contributed by atoms with Crippen LogP contribution in [-0.4, -0.2) is 36.2 Å². The number of aryl methyl sites for hydroxylation is 2. The summed E-state index contributed by atoms with van der Waals surface area (Å²) in [6.07, 6.45) is 0.0158. The zero-order valence-corrected chi connectivity index (χ0v) is 12.6. The molecule has 2 aromatic rings. The van der Waals surface area contributed by atoms with Gasteiger partial charge in [0.25, 0.3) is 0 Å². The predicted octanol–water partition coefficient (Wildman–Crippen LogP) is 2.56. The fourth-order valence-electron chi connectivity index (χ4n) is 2.40. The lowest BCUT2D eigenvalue weighted by Gasteiger charge is -2.29. The molecule has 0 saturated carbocycles. The Morgan fingerprint density at radius 2 is 2.00 bits per heavy atom. The number of aromatic nitrogens is 1. The van der Waals surface area contributed by atoms with Crippen molar-refractivity contribution in [3.05, 3.63) is 41.6 Å². The van der Waals surface area contributed by atoms with Crippen LogP contribution in [0.2, 0.25) is 0 Å². The number of nitrogens with zero attached hydrogens (tertiary/aromatic N) is 2. The number of oxazole rings is 1. The van der Waals surface area contributed by atoms with Gasteiger partial charge in [-0.15, -0.1) is 0 Å². The highest BCUT2D eigenvalue weighted by molar-refractivity contribution is 5.40. The molecule has 5 heteroatoms. The fourth-order valence-corrected chi connectivity index (χ4v) is 2.40. The summed E-state index contributed by atoms with van der Waals surface area (Å²) in [4.78, 5) is 6.53. The molecule has 1 aliphatic heterocycles. The van der Waals surface area contributed by atoms with Crippen molar-refractivity contribution in [3.8, 4) is 11.5 Å². The van der Waals surface area contributed by atoms with Gasteiger partial charge in [0.1, 0.15) is 18.5 Å². The molecule has 0 aliphatic carbocycles. The minimum absolute atomic E-state index is 0.0158. The number of para-hydroxylation sites is 2. The van der Waals surface area contributed by atoms with Crippen LogP contribution in [0.5, 0.6) is 11.5 Å². The summed E-state index contributed by atoms with van der Waals surface area (Å²) in [5.41, 5.74) is 0.949. The topological polar surface area (TPSA) is 47.7 Å². The van der Waals surface area contributed by atoms with Crippen molar-refractivity contribution in [1.82, 2.24) is 9.88 Å². The second-order valence-electron chi connectivity index (χ2n) is 5.44. The molecule has 0 spiro atoms. The molecular formula is C16H20N2O3. The minimum Gasteiger partial charge on any atom is -0.486 e. The largest absolute Gasteiger partial charge is 0.486 e. The maximum atomic E-state index is 5.95. The van der Waals surface area contributed by atoms with Gasteiger partial charge in [-0.05, 0) is 33.0 Å². The average Bonchev–Trinajstić information content (AvgIpc) is 2.77. The molecule has 0 saturated heterocycles. The number of hydrogen-bond donors (Lipinski definition) is 0. The first kappa shape index (κ1) is 13.9. The highest BCUT2D eigenvalue weighted by Crippen LogP contribution is 2.31. The van der Waals surface area contributed by atoms with E-state index in [9.17, 15) is 0 Å². The summed E-state index contributed by atoms with van der Waals surface area (Å²) in [5, 5.41) is 0. The van der Waals surface area contributed by atoms with E-state index >= 15 is 0 Å². The molecule has 1 aliphatic rings. The van der Waals surface area contributed by atoms with Gasteiger partial charge in [-0.25, -0.2) is 4.98 Å². The first-order valence-electron chi connectivity index (χ1n) is 7.12. The Bertz CT molecular complexity index is 604. The van der Waals surface area contributed by atoms with Gasteiger partial charge >= 0.3 is 0 Å². The van der Waals surface area contributed by atoms with Crippen LogP contribution in [0.3, 0.4) is 0 Å². The van der Waals surface area contributed by atoms with Crippen LogP contribution in [0, 0.1) is 13.8 Å². The Kier molecular flexibility index (Phi) is 3.84. The first-order valence-corrected chi connectivity index (χ1v) is 7.12. The fraction of sp³-hybridized carbons (Fsp3) is 0.438. The second-order valence-corrected chi connectivity index (χ2v) is 5.44. The van der Waals surface area contributed by atoms with Gasteiger partial charge in [-0.1, -0.05) is 12.1 Å². The van der Waals surface area contributed by atoms with Crippen molar-refractivity contribution in [2.24, 2.45) is 0 Å². The van der Waals surface area contributed by atoms with E-state index in [1.54, 1.807) is 0 Å². The third kappa shape index (κ3) is 3.19. The highest BCUT2D eigenvalue weighted by atomic mass is 16.6. The number of rotatable bonds is 4. The van der Waals surface area contributed by atoms with E-state index in [4.69, 9.17) is 13.9 Å². The van der Waals surface area contributed by atoms with Gasteiger partial charge in [0, 0.05) is 6.54 Å². The van der Waals surface area contributed by atoms with Gasteiger partial charge < -0.3 is 13.9 Å². The lowest BCUT2D eigenvalue weighted by Crippen LogP contribution is -2.39. The third-order valence-electron chi connectivity index (χ3n) is 3.56. The van der Waals surface area contributed by atoms with Crippen LogP contribution in [-0.2, 0) is 6.54 Å². The molecule has 5 nitrogen and oxygen atoms in total. The van der Waals surface area contributed by atoms with E-state index in [1.807, 2.05) is 45.2 Å². The normalized spacial score (nSPS) is 17.2. The van der Waals surface area contributed by atoms with Crippen LogP contribution in [0.15, 0.2) is 28.7 Å². The summed E-state index contributed by atoms with van der Waals surface area (Å²) in [5.74, 6) is 3.24. The van der Waals surface area contributed by atoms with Gasteiger partial charge in [-0.2, -0.15) is 0 Å². The molecule has 0 N–H and O–H groups in total. The predicted molar refractivity (Wildman–Crippen MR) is 78.7 cm³/mol. The highest BCUT2D eigenvalue weighted by Gasteiger charge is 2.22. The lowest BCUT2D eigenvalue weighted by atomic mass is 10.2. The molecule has 21 heavy (non-hydrogen) atoms. The molecule has 0 unspecified atom stereocenters. The lowest BCUT2D eigenvalue weighted by molar-refractivity contribution is 0.0618. The molecule has 0 amide bonds. The van der Waals surface area contributed by atoms with E-state index in [-0.39, 0.29) is 6.10 Å². The Morgan fingerprint density at radius 1 is 1.24 bits per heavy atom. The van der Waals surface area contributed by atoms with E-state index in [0.717, 1.165) is 35.4 Å². The third-order valence-corrected chi connectivity index (χ3v) is 3.56. The molecule has 1 aromatic carbocycles. The summed E-state index contributed by atoms with van der Waals surface area (Å²) in [6, 6.07) is 7.75. The number of fused-ring (bicyclic) bond motifs is 1. The van der Waals surface area contributed by atoms with Crippen molar-refractivity contribution in [3.63, 3.8) is 0 Å². The Labute approximate surface area is 124 Å². The molecule has 0 bridgehead atoms. The van der Waals surface area contributed by atoms with E-state index in [1.165, 1.54) is 0 Å². The molecule has 1 atom stereocenters. The summed E-state index contributed by atoms with van der Waals surface area (Å²) in [6.45, 7) is 5.87. The minimum atomic E-state index is 0.0158. The van der Waals surface area contributed by atoms with Crippen LogP contribution in [0.25, 0.3) is 0 Å². The molecule has 2 heterocycles. The monoisotopic (exact) mass is 288 g/mol. The number of ether oxygens (including phenoxy) is 2. The van der Waals surface area contributed by atoms with Crippen molar-refractivity contribution < 1.29 is 13.9 Å². The smallest absolute Gasteiger partial charge is 0.208 e. The van der Waals surface area contributed by atoms with Crippen LogP contribution in [0.1, 0.15) is 17.3 Å². The van der Waals surface area contributed by atoms with Crippen molar-refractivity contribution >= 4 is 0 Å². The standard InChI is InChI=1S/C16H20N2O3/c1-11-12(2)20-16(17-11)9-18(3)8-13-10-19-14-6-4-5-7-15(14)21-13/h4-7,13H,8-10H2,1-3H3/t13-/m0/s1. The molecule has 112 valence electrons. The van der Waals surface area contributed by atoms with Gasteiger partial charge in [0.15, 0.2) is 11.5 Å². The zero-order chi connectivity index (χ0) is 14.8. The summed E-state index contributed by atoms with van der Waals surface area (Å²) in [7, 11) is 2.03. The second kappa shape index (κ2) is 5.77. The van der Waals surface area contributed by atoms with Crippen molar-refractivity contribution in [2.75, 3.05) is 20.2 Å². The van der Waals surface area contributed by atoms with E-state index in [0.29, 0.717) is 13.2 Å². The number of hydrogen-bond acceptors (Lipinski definition) is 5. The maximum Gasteiger partial charge on any atom is 0.208 e. The quantitative estimate of drug-likeness (QED) is 0.865. The van der Waals surface area contributed by atoms with Crippen LogP contribution in [0.4, 0.5) is 0 Å². The molecule has 1 aromatic heterocycles. The van der Waals surface area contributed by atoms with E-state index < -0.39 is 0 Å². The number of benzene rings is 1. The Morgan fingerprint density at radius 3 is 2.71 bits per heavy atom. The first-order chi connectivity index (χ1) is 10.1. The van der Waals surface area contributed by atoms with Crippen molar-refractivity contribution in [1.29, 1.82) is 0 Å². The zero-order valence-electron chi connectivity index (χ0n) is 12.6. The molecule has 0 radical (unpaired) electrons. The maximum absolute atomic E-state index is 5.95. The van der Waals surface area contributed by atoms with Crippen LogP contribution < -0.4 is 9.47 Å². The van der Waals surface area contributed by atoms with Gasteiger partial charge in [-0.3, -0.25) is 4.90 Å². The summed E-state index contributed by atoms with van der Waals surface area (Å²) >= 11 is 0. The Balaban J connectivity index is 1.57. The molecule has 3 rings (SSSR count). The number of likely N-dealkylation sites (N-methyl/N-ethyl adjacent to an activating group) is 1. The molecular weight excluding hydrogens is 268 g/mol. The van der Waals surface area contributed by atoms with Crippen molar-refractivity contribution in [2.45, 2.75) is 26.5 Å². The Hall–Kier alpha value is -2.01. The average molecular weight is 288 g/mol. The van der Waals surface area contributed by atoms with Gasteiger partial charge in [0.05, 0.1) is 12.2 Å². The van der Waals surface area contributed by atoms with Crippen LogP contribution >= 0.6 is 0 Å².